The number of sulfonamides is 1. The molecule has 0 unspecified atom stereocenters. The molecule has 0 aliphatic carbocycles. The van der Waals surface area contributed by atoms with Gasteiger partial charge in [-0.15, -0.1) is 11.8 Å². The quantitative estimate of drug-likeness (QED) is 0.724. The van der Waals surface area contributed by atoms with E-state index >= 15 is 0 Å². The highest BCUT2D eigenvalue weighted by atomic mass is 32.2. The number of anilines is 2. The summed E-state index contributed by atoms with van der Waals surface area (Å²) in [5.74, 6) is -0.612. The van der Waals surface area contributed by atoms with Crippen LogP contribution in [0.5, 0.6) is 0 Å². The molecule has 2 aromatic carbocycles. The number of benzene rings is 2. The van der Waals surface area contributed by atoms with Crippen LogP contribution in [0.1, 0.15) is 5.56 Å². The summed E-state index contributed by atoms with van der Waals surface area (Å²) in [7, 11) is -3.88. The lowest BCUT2D eigenvalue weighted by atomic mass is 10.2. The standard InChI is InChI=1S/C17H17F3N2O3S2/c1-26-15-5-3-4-13(10-15)21-16(23)11-22(27(2,24)25)14-8-6-12(7-9-14)17(18,19)20/h3-10H,11H2,1-2H3,(H,21,23). The molecule has 0 saturated heterocycles. The highest BCUT2D eigenvalue weighted by molar-refractivity contribution is 7.98. The third-order valence-electron chi connectivity index (χ3n) is 3.52. The zero-order valence-corrected chi connectivity index (χ0v) is 16.1. The van der Waals surface area contributed by atoms with Crippen LogP contribution >= 0.6 is 11.8 Å². The number of thioether (sulfide) groups is 1. The van der Waals surface area contributed by atoms with Gasteiger partial charge in [0.05, 0.1) is 17.5 Å². The second-order valence-corrected chi connectivity index (χ2v) is 8.38. The van der Waals surface area contributed by atoms with Gasteiger partial charge < -0.3 is 5.32 Å². The molecule has 0 bridgehead atoms. The summed E-state index contributed by atoms with van der Waals surface area (Å²) >= 11 is 1.48. The molecule has 146 valence electrons. The Morgan fingerprint density at radius 3 is 2.30 bits per heavy atom. The molecule has 0 fully saturated rings. The highest BCUT2D eigenvalue weighted by Gasteiger charge is 2.30. The Morgan fingerprint density at radius 1 is 1.15 bits per heavy atom. The van der Waals surface area contributed by atoms with Gasteiger partial charge in [-0.2, -0.15) is 13.2 Å². The van der Waals surface area contributed by atoms with E-state index in [4.69, 9.17) is 0 Å². The van der Waals surface area contributed by atoms with Crippen molar-refractivity contribution < 1.29 is 26.4 Å². The minimum absolute atomic E-state index is 0.0292. The minimum Gasteiger partial charge on any atom is -0.324 e. The van der Waals surface area contributed by atoms with Gasteiger partial charge in [0, 0.05) is 10.6 Å². The first kappa shape index (κ1) is 21.1. The predicted octanol–water partition coefficient (Wildman–Crippen LogP) is 3.83. The number of rotatable bonds is 6. The number of hydrogen-bond acceptors (Lipinski definition) is 4. The molecule has 2 rings (SSSR count). The van der Waals surface area contributed by atoms with Gasteiger partial charge in [-0.1, -0.05) is 6.07 Å². The van der Waals surface area contributed by atoms with Crippen molar-refractivity contribution in [2.24, 2.45) is 0 Å². The molecule has 0 aliphatic heterocycles. The number of carbonyl (C=O) groups is 1. The van der Waals surface area contributed by atoms with Crippen molar-refractivity contribution in [3.63, 3.8) is 0 Å². The fourth-order valence-corrected chi connectivity index (χ4v) is 3.56. The molecule has 5 nitrogen and oxygen atoms in total. The summed E-state index contributed by atoms with van der Waals surface area (Å²) in [4.78, 5) is 13.2. The lowest BCUT2D eigenvalue weighted by molar-refractivity contribution is -0.137. The summed E-state index contributed by atoms with van der Waals surface area (Å²) in [6, 6.07) is 10.6. The van der Waals surface area contributed by atoms with E-state index in [2.05, 4.69) is 5.32 Å². The molecule has 0 heterocycles. The van der Waals surface area contributed by atoms with E-state index in [1.807, 2.05) is 12.3 Å². The normalized spacial score (nSPS) is 11.9. The number of hydrogen-bond donors (Lipinski definition) is 1. The zero-order valence-electron chi connectivity index (χ0n) is 14.4. The van der Waals surface area contributed by atoms with E-state index < -0.39 is 34.2 Å². The van der Waals surface area contributed by atoms with Crippen LogP contribution < -0.4 is 9.62 Å². The first-order chi connectivity index (χ1) is 12.5. The van der Waals surface area contributed by atoms with Gasteiger partial charge in [0.2, 0.25) is 15.9 Å². The van der Waals surface area contributed by atoms with Gasteiger partial charge in [-0.25, -0.2) is 8.42 Å². The Hall–Kier alpha value is -2.20. The van der Waals surface area contributed by atoms with E-state index in [1.54, 1.807) is 18.2 Å². The molecule has 0 atom stereocenters. The monoisotopic (exact) mass is 418 g/mol. The predicted molar refractivity (Wildman–Crippen MR) is 100 cm³/mol. The van der Waals surface area contributed by atoms with Gasteiger partial charge in [0.1, 0.15) is 6.54 Å². The molecule has 0 saturated carbocycles. The fraction of sp³-hybridized carbons (Fsp3) is 0.235. The molecule has 27 heavy (non-hydrogen) atoms. The van der Waals surface area contributed by atoms with E-state index in [0.717, 1.165) is 39.7 Å². The molecule has 0 spiro atoms. The van der Waals surface area contributed by atoms with Crippen LogP contribution in [0.2, 0.25) is 0 Å². The highest BCUT2D eigenvalue weighted by Crippen LogP contribution is 2.31. The van der Waals surface area contributed by atoms with Gasteiger partial charge in [0.25, 0.3) is 0 Å². The molecule has 0 aromatic heterocycles. The molecular formula is C17H17F3N2O3S2. The summed E-state index contributed by atoms with van der Waals surface area (Å²) in [5.41, 5.74) is -0.440. The van der Waals surface area contributed by atoms with Gasteiger partial charge >= 0.3 is 6.18 Å². The van der Waals surface area contributed by atoms with Crippen LogP contribution in [0.15, 0.2) is 53.4 Å². The third kappa shape index (κ3) is 5.90. The Morgan fingerprint density at radius 2 is 1.78 bits per heavy atom. The lowest BCUT2D eigenvalue weighted by Gasteiger charge is -2.22. The molecule has 0 radical (unpaired) electrons. The maximum atomic E-state index is 12.7. The number of nitrogens with one attached hydrogen (secondary N) is 1. The molecule has 1 N–H and O–H groups in total. The Labute approximate surface area is 159 Å². The van der Waals surface area contributed by atoms with E-state index in [9.17, 15) is 26.4 Å². The van der Waals surface area contributed by atoms with Crippen molar-refractivity contribution in [2.75, 3.05) is 28.7 Å². The second kappa shape index (κ2) is 8.22. The first-order valence-electron chi connectivity index (χ1n) is 7.59. The molecule has 10 heteroatoms. The summed E-state index contributed by atoms with van der Waals surface area (Å²) in [6.45, 7) is -0.562. The second-order valence-electron chi connectivity index (χ2n) is 5.59. The van der Waals surface area contributed by atoms with E-state index in [-0.39, 0.29) is 5.69 Å². The Bertz CT molecular complexity index is 914. The number of halogens is 3. The van der Waals surface area contributed by atoms with Gasteiger partial charge in [-0.3, -0.25) is 9.10 Å². The van der Waals surface area contributed by atoms with Crippen molar-refractivity contribution >= 4 is 39.1 Å². The minimum atomic E-state index is -4.53. The Kier molecular flexibility index (Phi) is 6.42. The van der Waals surface area contributed by atoms with Gasteiger partial charge in [0.15, 0.2) is 0 Å². The summed E-state index contributed by atoms with van der Waals surface area (Å²) < 4.78 is 62.8. The maximum Gasteiger partial charge on any atom is 0.416 e. The zero-order chi connectivity index (χ0) is 20.2. The smallest absolute Gasteiger partial charge is 0.324 e. The van der Waals surface area contributed by atoms with Crippen LogP contribution in [0.3, 0.4) is 0 Å². The van der Waals surface area contributed by atoms with E-state index in [1.165, 1.54) is 11.8 Å². The average molecular weight is 418 g/mol. The number of carbonyl (C=O) groups excluding carboxylic acids is 1. The number of amides is 1. The largest absolute Gasteiger partial charge is 0.416 e. The summed E-state index contributed by atoms with van der Waals surface area (Å²) in [6.07, 6.45) is -1.78. The summed E-state index contributed by atoms with van der Waals surface area (Å²) in [5, 5.41) is 2.59. The van der Waals surface area contributed by atoms with Gasteiger partial charge in [-0.05, 0) is 48.7 Å². The molecule has 1 amide bonds. The maximum absolute atomic E-state index is 12.7. The lowest BCUT2D eigenvalue weighted by Crippen LogP contribution is -2.37. The first-order valence-corrected chi connectivity index (χ1v) is 10.7. The fourth-order valence-electron chi connectivity index (χ4n) is 2.25. The van der Waals surface area contributed by atoms with Crippen LogP contribution in [0.4, 0.5) is 24.5 Å². The average Bonchev–Trinajstić information content (AvgIpc) is 2.58. The SMILES string of the molecule is CSc1cccc(NC(=O)CN(c2ccc(C(F)(F)F)cc2)S(C)(=O)=O)c1. The molecule has 0 aliphatic rings. The van der Waals surface area contributed by atoms with Crippen molar-refractivity contribution in [3.05, 3.63) is 54.1 Å². The van der Waals surface area contributed by atoms with E-state index in [0.29, 0.717) is 5.69 Å². The van der Waals surface area contributed by atoms with Crippen LogP contribution in [0, 0.1) is 0 Å². The molecule has 2 aromatic rings. The van der Waals surface area contributed by atoms with Crippen molar-refractivity contribution in [2.45, 2.75) is 11.1 Å². The number of nitrogens with zero attached hydrogens (tertiary/aromatic N) is 1. The molecular weight excluding hydrogens is 401 g/mol. The van der Waals surface area contributed by atoms with Crippen molar-refractivity contribution in [1.82, 2.24) is 0 Å². The van der Waals surface area contributed by atoms with Crippen molar-refractivity contribution in [3.8, 4) is 0 Å². The Balaban J connectivity index is 2.21. The third-order valence-corrected chi connectivity index (χ3v) is 5.39. The van der Waals surface area contributed by atoms with Crippen LogP contribution in [0.25, 0.3) is 0 Å². The topological polar surface area (TPSA) is 66.5 Å². The van der Waals surface area contributed by atoms with Crippen molar-refractivity contribution in [1.29, 1.82) is 0 Å². The van der Waals surface area contributed by atoms with Crippen LogP contribution in [-0.4, -0.2) is 33.4 Å². The van der Waals surface area contributed by atoms with Crippen LogP contribution in [-0.2, 0) is 21.0 Å². The number of alkyl halides is 3.